The van der Waals surface area contributed by atoms with Gasteiger partial charge in [0.1, 0.15) is 0 Å². The fourth-order valence-corrected chi connectivity index (χ4v) is 3.82. The first-order chi connectivity index (χ1) is 11.2. The third kappa shape index (κ3) is 5.65. The van der Waals surface area contributed by atoms with E-state index in [1.54, 1.807) is 0 Å². The zero-order valence-electron chi connectivity index (χ0n) is 14.0. The summed E-state index contributed by atoms with van der Waals surface area (Å²) in [7, 11) is 0. The minimum atomic E-state index is -0.813. The Bertz CT molecular complexity index is 457. The average molecular weight is 318 g/mol. The van der Waals surface area contributed by atoms with Crippen molar-refractivity contribution in [2.24, 2.45) is 5.92 Å². The second-order valence-electron chi connectivity index (χ2n) is 6.86. The largest absolute Gasteiger partial charge is 0.481 e. The van der Waals surface area contributed by atoms with Crippen LogP contribution >= 0.6 is 0 Å². The zero-order chi connectivity index (χ0) is 16.5. The molecule has 3 nitrogen and oxygen atoms in total. The monoisotopic (exact) mass is 318 g/mol. The molecule has 3 unspecified atom stereocenters. The highest BCUT2D eigenvalue weighted by Gasteiger charge is 2.34. The summed E-state index contributed by atoms with van der Waals surface area (Å²) < 4.78 is 0. The van der Waals surface area contributed by atoms with Crippen molar-refractivity contribution in [1.82, 2.24) is 0 Å². The van der Waals surface area contributed by atoms with Gasteiger partial charge < -0.3 is 10.2 Å². The molecule has 128 valence electrons. The van der Waals surface area contributed by atoms with Gasteiger partial charge in [-0.25, -0.2) is 0 Å². The van der Waals surface area contributed by atoms with Crippen LogP contribution in [0.2, 0.25) is 0 Å². The highest BCUT2D eigenvalue weighted by molar-refractivity contribution is 5.76. The molecule has 0 saturated heterocycles. The number of carboxylic acids is 1. The maximum Gasteiger partial charge on any atom is 0.311 e. The van der Waals surface area contributed by atoms with Crippen LogP contribution in [0, 0.1) is 5.92 Å². The molecule has 0 aliphatic heterocycles. The van der Waals surface area contributed by atoms with Crippen molar-refractivity contribution >= 4 is 5.97 Å². The molecule has 1 aromatic carbocycles. The third-order valence-electron chi connectivity index (χ3n) is 5.13. The van der Waals surface area contributed by atoms with E-state index < -0.39 is 18.0 Å². The summed E-state index contributed by atoms with van der Waals surface area (Å²) in [4.78, 5) is 11.9. The van der Waals surface area contributed by atoms with Gasteiger partial charge in [0, 0.05) is 5.92 Å². The summed E-state index contributed by atoms with van der Waals surface area (Å²) in [6, 6.07) is 9.42. The van der Waals surface area contributed by atoms with Gasteiger partial charge in [0.05, 0.1) is 12.0 Å². The highest BCUT2D eigenvalue weighted by atomic mass is 16.4. The van der Waals surface area contributed by atoms with Gasteiger partial charge in [0.25, 0.3) is 0 Å². The van der Waals surface area contributed by atoms with Crippen molar-refractivity contribution in [3.63, 3.8) is 0 Å². The summed E-state index contributed by atoms with van der Waals surface area (Å²) in [6.45, 7) is 0. The van der Waals surface area contributed by atoms with Crippen LogP contribution < -0.4 is 0 Å². The summed E-state index contributed by atoms with van der Waals surface area (Å²) in [5, 5.41) is 20.4. The Labute approximate surface area is 139 Å². The van der Waals surface area contributed by atoms with E-state index in [4.69, 9.17) is 0 Å². The average Bonchev–Trinajstić information content (AvgIpc) is 2.54. The minimum absolute atomic E-state index is 0.186. The van der Waals surface area contributed by atoms with Crippen molar-refractivity contribution in [2.75, 3.05) is 0 Å². The first-order valence-corrected chi connectivity index (χ1v) is 9.16. The Balaban J connectivity index is 2.15. The number of aliphatic hydroxyl groups is 1. The van der Waals surface area contributed by atoms with E-state index in [1.807, 2.05) is 30.3 Å². The third-order valence-corrected chi connectivity index (χ3v) is 5.13. The lowest BCUT2D eigenvalue weighted by atomic mass is 9.77. The molecule has 3 heteroatoms. The van der Waals surface area contributed by atoms with E-state index >= 15 is 0 Å². The fourth-order valence-electron chi connectivity index (χ4n) is 3.82. The zero-order valence-corrected chi connectivity index (χ0v) is 14.0. The van der Waals surface area contributed by atoms with Crippen LogP contribution in [0.25, 0.3) is 0 Å². The van der Waals surface area contributed by atoms with Crippen LogP contribution in [0.5, 0.6) is 0 Å². The molecule has 2 N–H and O–H groups in total. The highest BCUT2D eigenvalue weighted by Crippen LogP contribution is 2.34. The number of benzene rings is 1. The van der Waals surface area contributed by atoms with Crippen LogP contribution in [0.15, 0.2) is 30.3 Å². The van der Waals surface area contributed by atoms with E-state index in [0.717, 1.165) is 44.1 Å². The first-order valence-electron chi connectivity index (χ1n) is 9.16. The molecule has 3 atom stereocenters. The van der Waals surface area contributed by atoms with Crippen LogP contribution in [-0.4, -0.2) is 22.3 Å². The maximum absolute atomic E-state index is 11.9. The molecule has 0 heterocycles. The lowest BCUT2D eigenvalue weighted by Gasteiger charge is -2.29. The van der Waals surface area contributed by atoms with Crippen molar-refractivity contribution in [2.45, 2.75) is 76.2 Å². The van der Waals surface area contributed by atoms with Gasteiger partial charge in [0.2, 0.25) is 0 Å². The van der Waals surface area contributed by atoms with Crippen LogP contribution in [0.4, 0.5) is 0 Å². The number of hydrogen-bond acceptors (Lipinski definition) is 2. The van der Waals surface area contributed by atoms with Crippen molar-refractivity contribution in [3.8, 4) is 0 Å². The van der Waals surface area contributed by atoms with Crippen LogP contribution in [-0.2, 0) is 4.79 Å². The van der Waals surface area contributed by atoms with Gasteiger partial charge in [-0.1, -0.05) is 81.7 Å². The smallest absolute Gasteiger partial charge is 0.311 e. The molecule has 1 saturated carbocycles. The van der Waals surface area contributed by atoms with Crippen LogP contribution in [0.1, 0.15) is 75.7 Å². The van der Waals surface area contributed by atoms with Crippen molar-refractivity contribution in [3.05, 3.63) is 35.9 Å². The number of rotatable bonds is 3. The lowest BCUT2D eigenvalue weighted by molar-refractivity contribution is -0.141. The van der Waals surface area contributed by atoms with Gasteiger partial charge in [-0.2, -0.15) is 0 Å². The van der Waals surface area contributed by atoms with E-state index in [9.17, 15) is 15.0 Å². The molecule has 0 radical (unpaired) electrons. The molecular weight excluding hydrogens is 288 g/mol. The standard InChI is InChI=1S/C20H30O3/c21-18-15-11-6-4-2-1-3-5-10-14-17(18)19(20(22)23)16-12-8-7-9-13-16/h7-9,12-13,17-19,21H,1-6,10-11,14-15H2,(H,22,23). The molecule has 1 aliphatic rings. The Morgan fingerprint density at radius 2 is 1.39 bits per heavy atom. The summed E-state index contributed by atoms with van der Waals surface area (Å²) in [5.74, 6) is -1.60. The predicted molar refractivity (Wildman–Crippen MR) is 92.5 cm³/mol. The van der Waals surface area contributed by atoms with Gasteiger partial charge in [-0.3, -0.25) is 4.79 Å². The number of aliphatic hydroxyl groups excluding tert-OH is 1. The van der Waals surface area contributed by atoms with Crippen LogP contribution in [0.3, 0.4) is 0 Å². The first kappa shape index (κ1) is 18.0. The van der Waals surface area contributed by atoms with E-state index in [2.05, 4.69) is 0 Å². The summed E-state index contributed by atoms with van der Waals surface area (Å²) >= 11 is 0. The summed E-state index contributed by atoms with van der Waals surface area (Å²) in [6.07, 6.45) is 10.3. The van der Waals surface area contributed by atoms with E-state index in [1.165, 1.54) is 25.7 Å². The molecule has 2 rings (SSSR count). The number of hydrogen-bond donors (Lipinski definition) is 2. The topological polar surface area (TPSA) is 57.5 Å². The SMILES string of the molecule is O=C(O)C(c1ccccc1)C1CCCCCCCCCCC1O. The number of carbonyl (C=O) groups is 1. The number of aliphatic carboxylic acids is 1. The van der Waals surface area contributed by atoms with Gasteiger partial charge >= 0.3 is 5.97 Å². The van der Waals surface area contributed by atoms with Crippen molar-refractivity contribution in [1.29, 1.82) is 0 Å². The molecule has 1 fully saturated rings. The molecular formula is C20H30O3. The molecule has 1 aromatic rings. The predicted octanol–water partition coefficient (Wildman–Crippen LogP) is 4.75. The van der Waals surface area contributed by atoms with Gasteiger partial charge in [-0.05, 0) is 18.4 Å². The molecule has 0 amide bonds. The summed E-state index contributed by atoms with van der Waals surface area (Å²) in [5.41, 5.74) is 0.816. The van der Waals surface area contributed by atoms with E-state index in [-0.39, 0.29) is 5.92 Å². The Hall–Kier alpha value is -1.35. The van der Waals surface area contributed by atoms with Gasteiger partial charge in [-0.15, -0.1) is 0 Å². The second kappa shape index (κ2) is 9.71. The minimum Gasteiger partial charge on any atom is -0.481 e. The molecule has 0 bridgehead atoms. The van der Waals surface area contributed by atoms with E-state index in [0.29, 0.717) is 0 Å². The van der Waals surface area contributed by atoms with Crippen molar-refractivity contribution < 1.29 is 15.0 Å². The molecule has 0 aromatic heterocycles. The normalized spacial score (nSPS) is 25.8. The molecule has 0 spiro atoms. The second-order valence-corrected chi connectivity index (χ2v) is 6.86. The Kier molecular flexibility index (Phi) is 7.60. The Morgan fingerprint density at radius 3 is 1.96 bits per heavy atom. The fraction of sp³-hybridized carbons (Fsp3) is 0.650. The maximum atomic E-state index is 11.9. The number of carboxylic acid groups (broad SMARTS) is 1. The molecule has 1 aliphatic carbocycles. The molecule has 23 heavy (non-hydrogen) atoms. The lowest BCUT2D eigenvalue weighted by Crippen LogP contribution is -2.31. The Morgan fingerprint density at radius 1 is 0.870 bits per heavy atom. The van der Waals surface area contributed by atoms with Gasteiger partial charge in [0.15, 0.2) is 0 Å². The quantitative estimate of drug-likeness (QED) is 0.846.